The van der Waals surface area contributed by atoms with E-state index in [0.717, 1.165) is 24.0 Å². The van der Waals surface area contributed by atoms with E-state index in [2.05, 4.69) is 31.9 Å². The molecule has 0 aromatic heterocycles. The van der Waals surface area contributed by atoms with Gasteiger partial charge in [0.1, 0.15) is 26.5 Å². The molecular formula is C18H16Br2O4. The van der Waals surface area contributed by atoms with E-state index in [-0.39, 0.29) is 6.10 Å². The third-order valence-electron chi connectivity index (χ3n) is 3.88. The number of hydrogen-bond donors (Lipinski definition) is 0. The zero-order valence-electron chi connectivity index (χ0n) is 13.3. The van der Waals surface area contributed by atoms with Gasteiger partial charge < -0.3 is 14.2 Å². The van der Waals surface area contributed by atoms with Crippen LogP contribution in [0.2, 0.25) is 0 Å². The van der Waals surface area contributed by atoms with Gasteiger partial charge in [-0.25, -0.2) is 0 Å². The number of ether oxygens (including phenoxy) is 3. The Labute approximate surface area is 157 Å². The van der Waals surface area contributed by atoms with Gasteiger partial charge in [-0.05, 0) is 50.3 Å². The number of esters is 1. The smallest absolute Gasteiger partial charge is 0.308 e. The number of rotatable bonds is 3. The summed E-state index contributed by atoms with van der Waals surface area (Å²) in [5.41, 5.74) is 2.07. The normalized spacial score (nSPS) is 16.1. The van der Waals surface area contributed by atoms with E-state index in [1.54, 1.807) is 7.11 Å². The van der Waals surface area contributed by atoms with E-state index in [0.29, 0.717) is 26.2 Å². The molecule has 4 nitrogen and oxygen atoms in total. The summed E-state index contributed by atoms with van der Waals surface area (Å²) in [5, 5.41) is 0. The number of benzene rings is 2. The monoisotopic (exact) mass is 454 g/mol. The number of halogens is 2. The average molecular weight is 456 g/mol. The zero-order chi connectivity index (χ0) is 17.3. The second-order valence-corrected chi connectivity index (χ2v) is 7.03. The van der Waals surface area contributed by atoms with Crippen LogP contribution in [-0.2, 0) is 11.2 Å². The Morgan fingerprint density at radius 2 is 1.88 bits per heavy atom. The fraction of sp³-hybridized carbons (Fsp3) is 0.278. The van der Waals surface area contributed by atoms with Gasteiger partial charge in [-0.15, -0.1) is 0 Å². The van der Waals surface area contributed by atoms with Gasteiger partial charge in [0, 0.05) is 12.5 Å². The minimum absolute atomic E-state index is 0.0499. The van der Waals surface area contributed by atoms with Crippen LogP contribution in [0.15, 0.2) is 39.3 Å². The van der Waals surface area contributed by atoms with Crippen molar-refractivity contribution in [2.24, 2.45) is 0 Å². The molecule has 126 valence electrons. The highest BCUT2D eigenvalue weighted by Gasteiger charge is 2.31. The molecule has 0 bridgehead atoms. The highest BCUT2D eigenvalue weighted by molar-refractivity contribution is 9.11. The summed E-state index contributed by atoms with van der Waals surface area (Å²) >= 11 is 6.99. The highest BCUT2D eigenvalue weighted by atomic mass is 79.9. The Bertz CT molecular complexity index is 775. The van der Waals surface area contributed by atoms with Crippen LogP contribution in [0.1, 0.15) is 30.6 Å². The molecule has 0 aliphatic carbocycles. The largest absolute Gasteiger partial charge is 0.495 e. The zero-order valence-corrected chi connectivity index (χ0v) is 16.4. The molecule has 1 aliphatic heterocycles. The number of hydrogen-bond acceptors (Lipinski definition) is 4. The topological polar surface area (TPSA) is 44.8 Å². The molecule has 0 spiro atoms. The molecule has 2 aromatic carbocycles. The van der Waals surface area contributed by atoms with Crippen LogP contribution >= 0.6 is 31.9 Å². The third kappa shape index (κ3) is 3.17. The van der Waals surface area contributed by atoms with Gasteiger partial charge in [-0.2, -0.15) is 0 Å². The second-order valence-electron chi connectivity index (χ2n) is 5.45. The van der Waals surface area contributed by atoms with Crippen molar-refractivity contribution in [3.63, 3.8) is 0 Å². The van der Waals surface area contributed by atoms with E-state index in [1.807, 2.05) is 30.3 Å². The molecule has 2 aromatic rings. The van der Waals surface area contributed by atoms with Gasteiger partial charge in [0.05, 0.1) is 7.11 Å². The first-order valence-corrected chi connectivity index (χ1v) is 9.09. The Morgan fingerprint density at radius 1 is 1.17 bits per heavy atom. The maximum Gasteiger partial charge on any atom is 0.308 e. The molecule has 0 saturated heterocycles. The summed E-state index contributed by atoms with van der Waals surface area (Å²) in [6, 6.07) is 10.1. The van der Waals surface area contributed by atoms with Gasteiger partial charge in [-0.3, -0.25) is 4.79 Å². The lowest BCUT2D eigenvalue weighted by molar-refractivity contribution is -0.132. The van der Waals surface area contributed by atoms with Crippen molar-refractivity contribution < 1.29 is 19.0 Å². The summed E-state index contributed by atoms with van der Waals surface area (Å²) in [6.07, 6.45) is 1.60. The molecule has 6 heteroatoms. The Morgan fingerprint density at radius 3 is 2.50 bits per heavy atom. The number of methoxy groups -OCH3 is 1. The molecular weight excluding hydrogens is 440 g/mol. The van der Waals surface area contributed by atoms with E-state index < -0.39 is 5.97 Å². The van der Waals surface area contributed by atoms with Crippen molar-refractivity contribution in [1.29, 1.82) is 0 Å². The number of fused-ring (bicyclic) bond motifs is 1. The van der Waals surface area contributed by atoms with Crippen molar-refractivity contribution >= 4 is 37.8 Å². The van der Waals surface area contributed by atoms with Crippen LogP contribution in [0, 0.1) is 0 Å². The lowest BCUT2D eigenvalue weighted by Crippen LogP contribution is -2.17. The molecule has 1 atom stereocenters. The van der Waals surface area contributed by atoms with Gasteiger partial charge in [0.15, 0.2) is 5.75 Å². The summed E-state index contributed by atoms with van der Waals surface area (Å²) in [4.78, 5) is 11.4. The maximum atomic E-state index is 11.4. The Balaban J connectivity index is 2.07. The molecule has 0 radical (unpaired) electrons. The van der Waals surface area contributed by atoms with Gasteiger partial charge in [0.25, 0.3) is 0 Å². The summed E-state index contributed by atoms with van der Waals surface area (Å²) < 4.78 is 18.3. The van der Waals surface area contributed by atoms with Gasteiger partial charge in [0.2, 0.25) is 0 Å². The predicted octanol–water partition coefficient (Wildman–Crippen LogP) is 5.21. The third-order valence-corrected chi connectivity index (χ3v) is 5.32. The summed E-state index contributed by atoms with van der Waals surface area (Å²) in [7, 11) is 1.59. The minimum Gasteiger partial charge on any atom is -0.495 e. The first-order chi connectivity index (χ1) is 11.5. The molecule has 0 amide bonds. The lowest BCUT2D eigenvalue weighted by atomic mass is 9.96. The van der Waals surface area contributed by atoms with Gasteiger partial charge >= 0.3 is 5.97 Å². The van der Waals surface area contributed by atoms with E-state index in [4.69, 9.17) is 14.2 Å². The molecule has 24 heavy (non-hydrogen) atoms. The van der Waals surface area contributed by atoms with Crippen molar-refractivity contribution in [3.8, 4) is 17.2 Å². The lowest BCUT2D eigenvalue weighted by Gasteiger charge is -2.29. The summed E-state index contributed by atoms with van der Waals surface area (Å²) in [6.45, 7) is 1.36. The molecule has 1 unspecified atom stereocenters. The fourth-order valence-electron chi connectivity index (χ4n) is 2.85. The molecule has 1 heterocycles. The van der Waals surface area contributed by atoms with E-state index >= 15 is 0 Å². The summed E-state index contributed by atoms with van der Waals surface area (Å²) in [5.74, 6) is 1.25. The van der Waals surface area contributed by atoms with Crippen molar-refractivity contribution in [3.05, 3.63) is 50.4 Å². The Kier molecular flexibility index (Phi) is 5.15. The van der Waals surface area contributed by atoms with Crippen LogP contribution < -0.4 is 14.2 Å². The quantitative estimate of drug-likeness (QED) is 0.470. The second kappa shape index (κ2) is 7.15. The first-order valence-electron chi connectivity index (χ1n) is 7.50. The van der Waals surface area contributed by atoms with Crippen molar-refractivity contribution in [2.45, 2.75) is 25.9 Å². The van der Waals surface area contributed by atoms with Gasteiger partial charge in [-0.1, -0.05) is 30.3 Å². The van der Waals surface area contributed by atoms with Crippen molar-refractivity contribution in [1.82, 2.24) is 0 Å². The fourth-order valence-corrected chi connectivity index (χ4v) is 4.40. The van der Waals surface area contributed by atoms with Crippen LogP contribution in [0.25, 0.3) is 0 Å². The number of carbonyl (C=O) groups is 1. The first kappa shape index (κ1) is 17.3. The van der Waals surface area contributed by atoms with Crippen LogP contribution in [0.5, 0.6) is 17.2 Å². The van der Waals surface area contributed by atoms with Crippen LogP contribution in [0.4, 0.5) is 0 Å². The molecule has 1 aliphatic rings. The molecule has 0 N–H and O–H groups in total. The molecule has 3 rings (SSSR count). The minimum atomic E-state index is -0.408. The maximum absolute atomic E-state index is 11.4. The van der Waals surface area contributed by atoms with E-state index in [1.165, 1.54) is 6.92 Å². The van der Waals surface area contributed by atoms with Crippen LogP contribution in [0.3, 0.4) is 0 Å². The standard InChI is InChI=1S/C18H16Br2O4/c1-10(21)23-18-14(19)16(22-2)12-8-9-13(24-17(12)15(18)20)11-6-4-3-5-7-11/h3-7,13H,8-9H2,1-2H3. The average Bonchev–Trinajstić information content (AvgIpc) is 2.59. The highest BCUT2D eigenvalue weighted by Crippen LogP contribution is 2.53. The Hall–Kier alpha value is -1.53. The predicted molar refractivity (Wildman–Crippen MR) is 97.8 cm³/mol. The SMILES string of the molecule is COc1c(Br)c(OC(C)=O)c(Br)c2c1CCC(c1ccccc1)O2. The van der Waals surface area contributed by atoms with Crippen LogP contribution in [-0.4, -0.2) is 13.1 Å². The van der Waals surface area contributed by atoms with Crippen molar-refractivity contribution in [2.75, 3.05) is 7.11 Å². The number of carbonyl (C=O) groups excluding carboxylic acids is 1. The molecule has 0 fully saturated rings. The molecule has 0 saturated carbocycles. The van der Waals surface area contributed by atoms with E-state index in [9.17, 15) is 4.79 Å².